The highest BCUT2D eigenvalue weighted by atomic mass is 32.2. The van der Waals surface area contributed by atoms with Gasteiger partial charge in [0.2, 0.25) is 15.9 Å². The van der Waals surface area contributed by atoms with Gasteiger partial charge < -0.3 is 5.32 Å². The topological polar surface area (TPSA) is 66.5 Å². The van der Waals surface area contributed by atoms with Crippen molar-refractivity contribution in [2.75, 3.05) is 7.05 Å². The van der Waals surface area contributed by atoms with Gasteiger partial charge in [0.25, 0.3) is 0 Å². The quantitative estimate of drug-likeness (QED) is 0.861. The van der Waals surface area contributed by atoms with Gasteiger partial charge in [-0.05, 0) is 80.0 Å². The molecule has 0 aromatic heterocycles. The fourth-order valence-corrected chi connectivity index (χ4v) is 6.24. The van der Waals surface area contributed by atoms with Crippen molar-refractivity contribution in [3.63, 3.8) is 0 Å². The molecule has 1 N–H and O–H groups in total. The molecule has 1 aliphatic rings. The summed E-state index contributed by atoms with van der Waals surface area (Å²) < 4.78 is 29.0. The molecule has 0 radical (unpaired) electrons. The van der Waals surface area contributed by atoms with Crippen molar-refractivity contribution in [3.8, 4) is 0 Å². The smallest absolute Gasteiger partial charge is 0.244 e. The third kappa shape index (κ3) is 3.14. The molecule has 1 heterocycles. The molecule has 0 saturated heterocycles. The second-order valence-electron chi connectivity index (χ2n) is 7.61. The van der Waals surface area contributed by atoms with Gasteiger partial charge in [-0.3, -0.25) is 4.79 Å². The molecule has 6 heteroatoms. The first kappa shape index (κ1) is 20.6. The lowest BCUT2D eigenvalue weighted by molar-refractivity contribution is -0.124. The second kappa shape index (κ2) is 7.33. The summed E-state index contributed by atoms with van der Waals surface area (Å²) in [6.45, 7) is 9.84. The highest BCUT2D eigenvalue weighted by Gasteiger charge is 2.40. The predicted octanol–water partition coefficient (Wildman–Crippen LogP) is 3.09. The average molecular weight is 401 g/mol. The highest BCUT2D eigenvalue weighted by molar-refractivity contribution is 7.89. The first-order chi connectivity index (χ1) is 13.1. The second-order valence-corrected chi connectivity index (χ2v) is 9.43. The number of hydrogen-bond donors (Lipinski definition) is 1. The Labute approximate surface area is 167 Å². The van der Waals surface area contributed by atoms with Crippen molar-refractivity contribution in [3.05, 3.63) is 63.2 Å². The van der Waals surface area contributed by atoms with Crippen molar-refractivity contribution in [2.24, 2.45) is 0 Å². The number of rotatable bonds is 3. The number of carbonyl (C=O) groups excluding carboxylic acids is 1. The fraction of sp³-hybridized carbons (Fsp3) is 0.409. The molecule has 28 heavy (non-hydrogen) atoms. The molecule has 5 nitrogen and oxygen atoms in total. The molecule has 150 valence electrons. The van der Waals surface area contributed by atoms with Crippen LogP contribution in [0.15, 0.2) is 29.2 Å². The maximum atomic E-state index is 13.8. The fourth-order valence-electron chi connectivity index (χ4n) is 4.11. The normalized spacial score (nSPS) is 17.3. The van der Waals surface area contributed by atoms with E-state index in [0.29, 0.717) is 11.3 Å². The Kier molecular flexibility index (Phi) is 5.38. The monoisotopic (exact) mass is 400 g/mol. The lowest BCUT2D eigenvalue weighted by Crippen LogP contribution is -2.52. The van der Waals surface area contributed by atoms with E-state index in [1.165, 1.54) is 4.31 Å². The Morgan fingerprint density at radius 1 is 0.929 bits per heavy atom. The van der Waals surface area contributed by atoms with Crippen LogP contribution in [0.2, 0.25) is 0 Å². The zero-order valence-electron chi connectivity index (χ0n) is 17.4. The first-order valence-corrected chi connectivity index (χ1v) is 10.9. The Morgan fingerprint density at radius 2 is 1.43 bits per heavy atom. The third-order valence-electron chi connectivity index (χ3n) is 6.25. The van der Waals surface area contributed by atoms with Crippen LogP contribution in [0.4, 0.5) is 0 Å². The van der Waals surface area contributed by atoms with Crippen LogP contribution in [0, 0.1) is 34.6 Å². The standard InChI is InChI=1S/C22H28N2O3S/c1-13-14(2)16(4)21(17(5)15(13)3)28(26,27)24-12-19-10-8-7-9-18(19)11-20(24)22(25)23-6/h7-10,20H,11-12H2,1-6H3,(H,23,25). The number of fused-ring (bicyclic) bond motifs is 1. The zero-order chi connectivity index (χ0) is 20.8. The molecule has 2 aromatic carbocycles. The Hall–Kier alpha value is -2.18. The van der Waals surface area contributed by atoms with Crippen molar-refractivity contribution < 1.29 is 13.2 Å². The van der Waals surface area contributed by atoms with E-state index in [1.54, 1.807) is 7.05 Å². The zero-order valence-corrected chi connectivity index (χ0v) is 18.2. The number of sulfonamides is 1. The summed E-state index contributed by atoms with van der Waals surface area (Å²) >= 11 is 0. The Balaban J connectivity index is 2.22. The minimum absolute atomic E-state index is 0.196. The predicted molar refractivity (Wildman–Crippen MR) is 111 cm³/mol. The number of nitrogens with zero attached hydrogens (tertiary/aromatic N) is 1. The summed E-state index contributed by atoms with van der Waals surface area (Å²) in [5, 5.41) is 2.64. The summed E-state index contributed by atoms with van der Waals surface area (Å²) in [5.74, 6) is -0.283. The van der Waals surface area contributed by atoms with Gasteiger partial charge in [-0.2, -0.15) is 4.31 Å². The van der Waals surface area contributed by atoms with Crippen LogP contribution in [0.25, 0.3) is 0 Å². The number of hydrogen-bond acceptors (Lipinski definition) is 3. The van der Waals surface area contributed by atoms with Crippen LogP contribution in [0.5, 0.6) is 0 Å². The van der Waals surface area contributed by atoms with E-state index >= 15 is 0 Å². The van der Waals surface area contributed by atoms with Gasteiger partial charge in [0, 0.05) is 13.6 Å². The maximum absolute atomic E-state index is 13.8. The molecule has 1 atom stereocenters. The number of nitrogens with one attached hydrogen (secondary N) is 1. The van der Waals surface area contributed by atoms with Gasteiger partial charge in [-0.25, -0.2) is 8.42 Å². The Bertz CT molecular complexity index is 1030. The molecule has 0 fully saturated rings. The van der Waals surface area contributed by atoms with Crippen molar-refractivity contribution >= 4 is 15.9 Å². The Morgan fingerprint density at radius 3 is 1.96 bits per heavy atom. The average Bonchev–Trinajstić information content (AvgIpc) is 2.69. The molecular weight excluding hydrogens is 372 g/mol. The largest absolute Gasteiger partial charge is 0.358 e. The summed E-state index contributed by atoms with van der Waals surface area (Å²) in [5.41, 5.74) is 6.56. The third-order valence-corrected chi connectivity index (χ3v) is 8.38. The van der Waals surface area contributed by atoms with Gasteiger partial charge >= 0.3 is 0 Å². The molecule has 2 aromatic rings. The van der Waals surface area contributed by atoms with Crippen LogP contribution in [0.3, 0.4) is 0 Å². The number of likely N-dealkylation sites (N-methyl/N-ethyl adjacent to an activating group) is 1. The molecule has 0 saturated carbocycles. The van der Waals surface area contributed by atoms with Gasteiger partial charge in [-0.1, -0.05) is 24.3 Å². The van der Waals surface area contributed by atoms with Crippen molar-refractivity contribution in [1.82, 2.24) is 9.62 Å². The molecule has 0 bridgehead atoms. The number of benzene rings is 2. The summed E-state index contributed by atoms with van der Waals surface area (Å²) in [6, 6.07) is 6.96. The SMILES string of the molecule is CNC(=O)C1Cc2ccccc2CN1S(=O)(=O)c1c(C)c(C)c(C)c(C)c1C. The molecule has 1 aliphatic heterocycles. The maximum Gasteiger partial charge on any atom is 0.244 e. The van der Waals surface area contributed by atoms with Crippen LogP contribution >= 0.6 is 0 Å². The molecule has 1 unspecified atom stereocenters. The lowest BCUT2D eigenvalue weighted by atomic mass is 9.95. The van der Waals surface area contributed by atoms with Gasteiger partial charge in [0.1, 0.15) is 6.04 Å². The van der Waals surface area contributed by atoms with Gasteiger partial charge in [0.15, 0.2) is 0 Å². The molecule has 0 spiro atoms. The minimum atomic E-state index is -3.86. The van der Waals surface area contributed by atoms with Gasteiger partial charge in [0.05, 0.1) is 4.90 Å². The summed E-state index contributed by atoms with van der Waals surface area (Å²) in [6.07, 6.45) is 0.372. The number of carbonyl (C=O) groups is 1. The van der Waals surface area contributed by atoms with E-state index < -0.39 is 16.1 Å². The lowest BCUT2D eigenvalue weighted by Gasteiger charge is -2.36. The first-order valence-electron chi connectivity index (χ1n) is 9.48. The summed E-state index contributed by atoms with van der Waals surface area (Å²) in [4.78, 5) is 12.9. The van der Waals surface area contributed by atoms with E-state index in [2.05, 4.69) is 5.32 Å². The van der Waals surface area contributed by atoms with E-state index in [9.17, 15) is 13.2 Å². The molecule has 0 aliphatic carbocycles. The molecule has 1 amide bonds. The highest BCUT2D eigenvalue weighted by Crippen LogP contribution is 2.35. The van der Waals surface area contributed by atoms with Gasteiger partial charge in [-0.15, -0.1) is 0 Å². The van der Waals surface area contributed by atoms with Crippen molar-refractivity contribution in [1.29, 1.82) is 0 Å². The molecule has 3 rings (SSSR count). The van der Waals surface area contributed by atoms with Crippen molar-refractivity contribution in [2.45, 2.75) is 58.5 Å². The van der Waals surface area contributed by atoms with E-state index in [1.807, 2.05) is 58.9 Å². The van der Waals surface area contributed by atoms with Crippen LogP contribution in [0.1, 0.15) is 38.9 Å². The molecular formula is C22H28N2O3S. The van der Waals surface area contributed by atoms with Crippen LogP contribution < -0.4 is 5.32 Å². The number of amides is 1. The van der Waals surface area contributed by atoms with Crippen LogP contribution in [-0.4, -0.2) is 31.7 Å². The van der Waals surface area contributed by atoms with E-state index in [4.69, 9.17) is 0 Å². The van der Waals surface area contributed by atoms with E-state index in [0.717, 1.165) is 38.9 Å². The van der Waals surface area contributed by atoms with E-state index in [-0.39, 0.29) is 12.5 Å². The van der Waals surface area contributed by atoms with Crippen LogP contribution in [-0.2, 0) is 27.8 Å². The minimum Gasteiger partial charge on any atom is -0.358 e. The summed E-state index contributed by atoms with van der Waals surface area (Å²) in [7, 11) is -2.31.